The van der Waals surface area contributed by atoms with Gasteiger partial charge < -0.3 is 4.98 Å². The van der Waals surface area contributed by atoms with Crippen LogP contribution in [0, 0.1) is 5.92 Å². The van der Waals surface area contributed by atoms with Gasteiger partial charge in [0.25, 0.3) is 5.56 Å². The first-order valence-corrected chi connectivity index (χ1v) is 10.3. The highest BCUT2D eigenvalue weighted by molar-refractivity contribution is 5.97. The average Bonchev–Trinajstić information content (AvgIpc) is 2.69. The molecule has 1 aliphatic carbocycles. The van der Waals surface area contributed by atoms with Crippen LogP contribution in [0.2, 0.25) is 0 Å². The van der Waals surface area contributed by atoms with Crippen molar-refractivity contribution in [3.8, 4) is 0 Å². The highest BCUT2D eigenvalue weighted by Crippen LogP contribution is 2.29. The Kier molecular flexibility index (Phi) is 5.39. The predicted octanol–water partition coefficient (Wildman–Crippen LogP) is 3.40. The minimum Gasteiger partial charge on any atom is -0.305 e. The number of H-pyrrole nitrogens is 1. The lowest BCUT2D eigenvalue weighted by Crippen LogP contribution is -2.38. The van der Waals surface area contributed by atoms with E-state index in [0.29, 0.717) is 18.3 Å². The summed E-state index contributed by atoms with van der Waals surface area (Å²) in [6.07, 6.45) is 9.90. The van der Waals surface area contributed by atoms with Gasteiger partial charge in [-0.1, -0.05) is 23.8 Å². The Labute approximate surface area is 161 Å². The zero-order valence-corrected chi connectivity index (χ0v) is 16.4. The molecule has 1 aromatic rings. The molecule has 0 spiro atoms. The summed E-state index contributed by atoms with van der Waals surface area (Å²) < 4.78 is 0. The van der Waals surface area contributed by atoms with E-state index in [1.54, 1.807) is 0 Å². The predicted molar refractivity (Wildman–Crippen MR) is 109 cm³/mol. The van der Waals surface area contributed by atoms with Crippen LogP contribution in [0.25, 0.3) is 0 Å². The molecule has 27 heavy (non-hydrogen) atoms. The van der Waals surface area contributed by atoms with E-state index in [4.69, 9.17) is 4.98 Å². The second kappa shape index (κ2) is 7.93. The summed E-state index contributed by atoms with van der Waals surface area (Å²) in [6, 6.07) is 0. The Morgan fingerprint density at radius 2 is 2.22 bits per heavy atom. The van der Waals surface area contributed by atoms with Crippen molar-refractivity contribution in [2.45, 2.75) is 58.4 Å². The normalized spacial score (nSPS) is 23.4. The van der Waals surface area contributed by atoms with E-state index in [9.17, 15) is 4.79 Å². The molecular weight excluding hydrogens is 336 g/mol. The van der Waals surface area contributed by atoms with Crippen LogP contribution in [-0.4, -0.2) is 40.2 Å². The van der Waals surface area contributed by atoms with Gasteiger partial charge >= 0.3 is 0 Å². The maximum atomic E-state index is 12.7. The summed E-state index contributed by atoms with van der Waals surface area (Å²) in [5.41, 5.74) is 5.62. The molecule has 5 heteroatoms. The topological polar surface area (TPSA) is 61.4 Å². The van der Waals surface area contributed by atoms with Crippen LogP contribution in [0.15, 0.2) is 33.6 Å². The van der Waals surface area contributed by atoms with Gasteiger partial charge in [0, 0.05) is 32.6 Å². The van der Waals surface area contributed by atoms with Crippen molar-refractivity contribution in [3.63, 3.8) is 0 Å². The smallest absolute Gasteiger partial charge is 0.255 e. The average molecular weight is 367 g/mol. The maximum Gasteiger partial charge on any atom is 0.255 e. The molecule has 1 atom stereocenters. The van der Waals surface area contributed by atoms with E-state index in [2.05, 4.69) is 34.5 Å². The van der Waals surface area contributed by atoms with E-state index in [-0.39, 0.29) is 5.56 Å². The van der Waals surface area contributed by atoms with E-state index in [0.717, 1.165) is 75.1 Å². The first-order valence-electron chi connectivity index (χ1n) is 10.3. The van der Waals surface area contributed by atoms with Gasteiger partial charge in [-0.2, -0.15) is 0 Å². The fourth-order valence-corrected chi connectivity index (χ4v) is 4.41. The first-order chi connectivity index (χ1) is 13.1. The fraction of sp³-hybridized carbons (Fsp3) is 0.591. The lowest BCUT2D eigenvalue weighted by Gasteiger charge is -2.30. The minimum atomic E-state index is 0.0212. The second-order valence-corrected chi connectivity index (χ2v) is 8.27. The second-order valence-electron chi connectivity index (χ2n) is 8.27. The van der Waals surface area contributed by atoms with Crippen LogP contribution < -0.4 is 5.56 Å². The summed E-state index contributed by atoms with van der Waals surface area (Å²) in [5, 5.41) is 0. The first kappa shape index (κ1) is 18.4. The molecule has 1 aromatic heterocycles. The lowest BCUT2D eigenvalue weighted by atomic mass is 9.85. The number of nitrogens with zero attached hydrogens (tertiary/aromatic N) is 3. The van der Waals surface area contributed by atoms with Gasteiger partial charge in [-0.25, -0.2) is 4.98 Å². The molecule has 4 rings (SSSR count). The van der Waals surface area contributed by atoms with Gasteiger partial charge in [-0.15, -0.1) is 0 Å². The Balaban J connectivity index is 1.45. The maximum absolute atomic E-state index is 12.7. The van der Waals surface area contributed by atoms with Gasteiger partial charge in [0.15, 0.2) is 5.82 Å². The number of aromatic nitrogens is 2. The number of aliphatic imine (C=N–C) groups is 1. The molecule has 3 heterocycles. The number of hydrogen-bond acceptors (Lipinski definition) is 4. The fourth-order valence-electron chi connectivity index (χ4n) is 4.41. The molecule has 0 amide bonds. The highest BCUT2D eigenvalue weighted by Gasteiger charge is 2.24. The van der Waals surface area contributed by atoms with Crippen molar-refractivity contribution in [1.82, 2.24) is 14.9 Å². The molecule has 0 radical (unpaired) electrons. The van der Waals surface area contributed by atoms with Crippen LogP contribution in [0.3, 0.4) is 0 Å². The van der Waals surface area contributed by atoms with Gasteiger partial charge in [-0.05, 0) is 51.4 Å². The third kappa shape index (κ3) is 4.13. The van der Waals surface area contributed by atoms with Crippen LogP contribution in [0.5, 0.6) is 0 Å². The van der Waals surface area contributed by atoms with E-state index >= 15 is 0 Å². The zero-order chi connectivity index (χ0) is 18.8. The van der Waals surface area contributed by atoms with Gasteiger partial charge in [0.05, 0.1) is 17.0 Å². The molecule has 0 saturated carbocycles. The largest absolute Gasteiger partial charge is 0.305 e. The standard InChI is InChI=1S/C22H30N4O/c1-15(2)17-8-6-16(7-9-17)13-26-12-10-19-18(14-26)22(27)25-21(24-19)20-5-3-4-11-23-20/h6,17H,1,3-5,7-14H2,2H3,(H,24,25,27). The molecular formula is C22H30N4O. The Hall–Kier alpha value is -2.01. The summed E-state index contributed by atoms with van der Waals surface area (Å²) in [7, 11) is 0. The number of allylic oxidation sites excluding steroid dienone is 2. The van der Waals surface area contributed by atoms with Crippen LogP contribution in [0.1, 0.15) is 62.5 Å². The molecule has 144 valence electrons. The van der Waals surface area contributed by atoms with Crippen LogP contribution >= 0.6 is 0 Å². The number of aromatic amines is 1. The molecule has 5 nitrogen and oxygen atoms in total. The van der Waals surface area contributed by atoms with Crippen molar-refractivity contribution in [3.05, 3.63) is 51.2 Å². The third-order valence-corrected chi connectivity index (χ3v) is 6.17. The molecule has 1 unspecified atom stereocenters. The van der Waals surface area contributed by atoms with Gasteiger partial charge in [0.1, 0.15) is 0 Å². The van der Waals surface area contributed by atoms with E-state index < -0.39 is 0 Å². The quantitative estimate of drug-likeness (QED) is 0.831. The SMILES string of the molecule is C=C(C)C1CC=C(CN2CCc3nc(C4=NCCCC4)[nH]c(=O)c3C2)CC1. The van der Waals surface area contributed by atoms with Gasteiger partial charge in [0.2, 0.25) is 0 Å². The molecule has 0 saturated heterocycles. The Morgan fingerprint density at radius 1 is 1.33 bits per heavy atom. The zero-order valence-electron chi connectivity index (χ0n) is 16.4. The van der Waals surface area contributed by atoms with Crippen molar-refractivity contribution in [2.24, 2.45) is 10.9 Å². The number of fused-ring (bicyclic) bond motifs is 1. The molecule has 0 fully saturated rings. The molecule has 0 aromatic carbocycles. The number of nitrogens with one attached hydrogen (secondary N) is 1. The minimum absolute atomic E-state index is 0.0212. The molecule has 1 N–H and O–H groups in total. The molecule has 0 bridgehead atoms. The van der Waals surface area contributed by atoms with Crippen LogP contribution in [-0.2, 0) is 13.0 Å². The van der Waals surface area contributed by atoms with Crippen molar-refractivity contribution in [2.75, 3.05) is 19.6 Å². The highest BCUT2D eigenvalue weighted by atomic mass is 16.1. The van der Waals surface area contributed by atoms with Crippen LogP contribution in [0.4, 0.5) is 0 Å². The number of rotatable bonds is 4. The molecule has 3 aliphatic rings. The van der Waals surface area contributed by atoms with E-state index in [1.807, 2.05) is 0 Å². The number of hydrogen-bond donors (Lipinski definition) is 1. The Morgan fingerprint density at radius 3 is 2.93 bits per heavy atom. The van der Waals surface area contributed by atoms with Crippen molar-refractivity contribution >= 4 is 5.71 Å². The summed E-state index contributed by atoms with van der Waals surface area (Å²) >= 11 is 0. The molecule has 2 aliphatic heterocycles. The monoisotopic (exact) mass is 366 g/mol. The third-order valence-electron chi connectivity index (χ3n) is 6.17. The lowest BCUT2D eigenvalue weighted by molar-refractivity contribution is 0.266. The van der Waals surface area contributed by atoms with E-state index in [1.165, 1.54) is 17.6 Å². The summed E-state index contributed by atoms with van der Waals surface area (Å²) in [5.74, 6) is 1.34. The van der Waals surface area contributed by atoms with Crippen molar-refractivity contribution < 1.29 is 0 Å². The Bertz CT molecular complexity index is 848. The van der Waals surface area contributed by atoms with Crippen molar-refractivity contribution in [1.29, 1.82) is 0 Å². The summed E-state index contributed by atoms with van der Waals surface area (Å²) in [4.78, 5) is 27.4. The van der Waals surface area contributed by atoms with Gasteiger partial charge in [-0.3, -0.25) is 14.7 Å². The summed E-state index contributed by atoms with van der Waals surface area (Å²) in [6.45, 7) is 9.73.